The maximum Gasteiger partial charge on any atom is 0.333 e. The van der Waals surface area contributed by atoms with Gasteiger partial charge in [-0.1, -0.05) is 17.2 Å². The van der Waals surface area contributed by atoms with E-state index in [2.05, 4.69) is 0 Å². The second kappa shape index (κ2) is 4.65. The molecule has 2 bridgehead atoms. The topological polar surface area (TPSA) is 73.9 Å². The predicted octanol–water partition coefficient (Wildman–Crippen LogP) is 2.56. The lowest BCUT2D eigenvalue weighted by Gasteiger charge is -2.25. The fraction of sp³-hybridized carbons (Fsp3) is 0.438. The molecule has 0 aromatic heterocycles. The number of carbonyl (C=O) groups is 1. The highest BCUT2D eigenvalue weighted by Crippen LogP contribution is 2.56. The van der Waals surface area contributed by atoms with Crippen molar-refractivity contribution in [1.29, 1.82) is 10.5 Å². The van der Waals surface area contributed by atoms with Crippen molar-refractivity contribution in [3.63, 3.8) is 0 Å². The van der Waals surface area contributed by atoms with Crippen LogP contribution in [0.3, 0.4) is 0 Å². The van der Waals surface area contributed by atoms with Gasteiger partial charge in [-0.05, 0) is 30.8 Å². The summed E-state index contributed by atoms with van der Waals surface area (Å²) in [7, 11) is 1.39. The van der Waals surface area contributed by atoms with E-state index in [1.807, 2.05) is 18.2 Å². The lowest BCUT2D eigenvalue weighted by molar-refractivity contribution is -0.136. The summed E-state index contributed by atoms with van der Waals surface area (Å²) in [6.07, 6.45) is 5.21. The molecule has 0 aromatic carbocycles. The molecule has 0 aromatic rings. The van der Waals surface area contributed by atoms with Crippen LogP contribution in [0.1, 0.15) is 25.7 Å². The van der Waals surface area contributed by atoms with Crippen LogP contribution in [-0.4, -0.2) is 13.1 Å². The van der Waals surface area contributed by atoms with E-state index < -0.39 is 0 Å². The quantitative estimate of drug-likeness (QED) is 0.415. The van der Waals surface area contributed by atoms with Gasteiger partial charge in [0.2, 0.25) is 0 Å². The number of nitriles is 2. The number of hydrogen-bond donors (Lipinski definition) is 0. The first kappa shape index (κ1) is 12.7. The van der Waals surface area contributed by atoms with Crippen LogP contribution in [0.25, 0.3) is 0 Å². The molecule has 0 radical (unpaired) electrons. The van der Waals surface area contributed by atoms with E-state index >= 15 is 0 Å². The minimum absolute atomic E-state index is 0.192. The molecule has 3 rings (SSSR count). The Bertz CT molecular complexity index is 652. The van der Waals surface area contributed by atoms with Crippen molar-refractivity contribution in [3.8, 4) is 12.1 Å². The fourth-order valence-corrected chi connectivity index (χ4v) is 3.80. The summed E-state index contributed by atoms with van der Waals surface area (Å²) in [4.78, 5) is 11.7. The molecule has 0 spiro atoms. The summed E-state index contributed by atoms with van der Waals surface area (Å²) in [5.41, 5.74) is 4.61. The van der Waals surface area contributed by atoms with Gasteiger partial charge in [0.25, 0.3) is 0 Å². The first-order valence-electron chi connectivity index (χ1n) is 6.72. The molecule has 0 N–H and O–H groups in total. The van der Waals surface area contributed by atoms with E-state index in [1.165, 1.54) is 18.3 Å². The van der Waals surface area contributed by atoms with Crippen LogP contribution in [0.2, 0.25) is 0 Å². The summed E-state index contributed by atoms with van der Waals surface area (Å²) in [6, 6.07) is 4.02. The average molecular weight is 266 g/mol. The van der Waals surface area contributed by atoms with Gasteiger partial charge < -0.3 is 4.74 Å². The lowest BCUT2D eigenvalue weighted by Crippen LogP contribution is -2.15. The van der Waals surface area contributed by atoms with Gasteiger partial charge in [-0.2, -0.15) is 10.5 Å². The number of ether oxygens (including phenoxy) is 1. The van der Waals surface area contributed by atoms with E-state index in [0.29, 0.717) is 17.9 Å². The molecule has 3 aliphatic carbocycles. The molecule has 2 unspecified atom stereocenters. The highest BCUT2D eigenvalue weighted by molar-refractivity contribution is 5.89. The van der Waals surface area contributed by atoms with Crippen LogP contribution in [0, 0.1) is 34.5 Å². The van der Waals surface area contributed by atoms with Gasteiger partial charge in [-0.3, -0.25) is 0 Å². The Morgan fingerprint density at radius 1 is 1.35 bits per heavy atom. The number of fused-ring (bicyclic) bond motifs is 4. The summed E-state index contributed by atoms with van der Waals surface area (Å²) in [6.45, 7) is 0. The van der Waals surface area contributed by atoms with E-state index in [9.17, 15) is 4.79 Å². The molecule has 3 aliphatic rings. The molecule has 4 heteroatoms. The van der Waals surface area contributed by atoms with Gasteiger partial charge in [0.1, 0.15) is 17.7 Å². The molecule has 0 saturated heterocycles. The summed E-state index contributed by atoms with van der Waals surface area (Å²) in [5, 5.41) is 18.1. The van der Waals surface area contributed by atoms with Crippen molar-refractivity contribution in [3.05, 3.63) is 33.9 Å². The third-order valence-corrected chi connectivity index (χ3v) is 4.67. The number of allylic oxidation sites excluding steroid dienone is 5. The lowest BCUT2D eigenvalue weighted by atomic mass is 9.79. The van der Waals surface area contributed by atoms with Gasteiger partial charge in [0.05, 0.1) is 7.11 Å². The first-order chi connectivity index (χ1) is 9.69. The van der Waals surface area contributed by atoms with Crippen LogP contribution in [-0.2, 0) is 9.53 Å². The van der Waals surface area contributed by atoms with Crippen LogP contribution >= 0.6 is 0 Å². The smallest absolute Gasteiger partial charge is 0.333 e. The summed E-state index contributed by atoms with van der Waals surface area (Å²) < 4.78 is 4.79. The number of hydrogen-bond acceptors (Lipinski definition) is 4. The van der Waals surface area contributed by atoms with E-state index in [0.717, 1.165) is 24.8 Å². The minimum atomic E-state index is -0.273. The van der Waals surface area contributed by atoms with Gasteiger partial charge in [-0.25, -0.2) is 4.79 Å². The van der Waals surface area contributed by atoms with Crippen molar-refractivity contribution in [2.24, 2.45) is 11.8 Å². The average Bonchev–Trinajstić information content (AvgIpc) is 3.06. The predicted molar refractivity (Wildman–Crippen MR) is 70.8 cm³/mol. The molecule has 100 valence electrons. The molecule has 1 saturated carbocycles. The number of rotatable bonds is 1. The highest BCUT2D eigenvalue weighted by atomic mass is 16.5. The number of esters is 1. The maximum absolute atomic E-state index is 11.7. The van der Waals surface area contributed by atoms with Crippen molar-refractivity contribution >= 4 is 5.97 Å². The number of carbonyl (C=O) groups excluding carboxylic acids is 1. The Labute approximate surface area is 117 Å². The third-order valence-electron chi connectivity index (χ3n) is 4.67. The second-order valence-corrected chi connectivity index (χ2v) is 5.47. The van der Waals surface area contributed by atoms with Gasteiger partial charge in [0.15, 0.2) is 0 Å². The number of methoxy groups -OCH3 is 1. The molecule has 2 atom stereocenters. The van der Waals surface area contributed by atoms with Crippen LogP contribution in [0.5, 0.6) is 0 Å². The SMILES string of the molecule is COC(=O)C1=CCC2=C(C1)C1CC2CC1=C(C#N)C#N. The Hall–Kier alpha value is -2.33. The molecular formula is C16H14N2O2. The van der Waals surface area contributed by atoms with Crippen molar-refractivity contribution < 1.29 is 9.53 Å². The van der Waals surface area contributed by atoms with Gasteiger partial charge in [0, 0.05) is 17.9 Å². The maximum atomic E-state index is 11.7. The first-order valence-corrected chi connectivity index (χ1v) is 6.72. The highest BCUT2D eigenvalue weighted by Gasteiger charge is 2.44. The Balaban J connectivity index is 1.93. The molecule has 4 nitrogen and oxygen atoms in total. The minimum Gasteiger partial charge on any atom is -0.466 e. The van der Waals surface area contributed by atoms with Gasteiger partial charge in [-0.15, -0.1) is 0 Å². The van der Waals surface area contributed by atoms with Crippen molar-refractivity contribution in [2.75, 3.05) is 7.11 Å². The van der Waals surface area contributed by atoms with Crippen LogP contribution < -0.4 is 0 Å². The van der Waals surface area contributed by atoms with Crippen LogP contribution in [0.4, 0.5) is 0 Å². The number of nitrogens with zero attached hydrogens (tertiary/aromatic N) is 2. The molecule has 0 heterocycles. The fourth-order valence-electron chi connectivity index (χ4n) is 3.80. The zero-order chi connectivity index (χ0) is 14.3. The van der Waals surface area contributed by atoms with Crippen LogP contribution in [0.15, 0.2) is 33.9 Å². The molecule has 20 heavy (non-hydrogen) atoms. The van der Waals surface area contributed by atoms with Gasteiger partial charge >= 0.3 is 5.97 Å². The third kappa shape index (κ3) is 1.69. The molecular weight excluding hydrogens is 252 g/mol. The Kier molecular flexibility index (Phi) is 2.95. The Morgan fingerprint density at radius 2 is 2.10 bits per heavy atom. The summed E-state index contributed by atoms with van der Waals surface area (Å²) in [5.74, 6) is 0.375. The van der Waals surface area contributed by atoms with Crippen molar-refractivity contribution in [1.82, 2.24) is 0 Å². The Morgan fingerprint density at radius 3 is 2.75 bits per heavy atom. The standard InChI is InChI=1S/C16H14N2O2/c1-20-16(19)9-2-3-12-10-5-13(11(7-17)8-18)15(6-10)14(12)4-9/h2,10,15H,3-6H2,1H3. The van der Waals surface area contributed by atoms with Crippen molar-refractivity contribution in [2.45, 2.75) is 25.7 Å². The second-order valence-electron chi connectivity index (χ2n) is 5.47. The monoisotopic (exact) mass is 266 g/mol. The zero-order valence-corrected chi connectivity index (χ0v) is 11.3. The molecule has 1 fully saturated rings. The summed E-state index contributed by atoms with van der Waals surface area (Å²) >= 11 is 0. The normalized spacial score (nSPS) is 26.6. The molecule has 0 amide bonds. The largest absolute Gasteiger partial charge is 0.466 e. The van der Waals surface area contributed by atoms with E-state index in [-0.39, 0.29) is 17.5 Å². The zero-order valence-electron chi connectivity index (χ0n) is 11.3. The van der Waals surface area contributed by atoms with E-state index in [1.54, 1.807) is 0 Å². The van der Waals surface area contributed by atoms with E-state index in [4.69, 9.17) is 15.3 Å². The molecule has 0 aliphatic heterocycles.